The van der Waals surface area contributed by atoms with Gasteiger partial charge in [0, 0.05) is 31.0 Å². The van der Waals surface area contributed by atoms with Crippen LogP contribution in [0.25, 0.3) is 0 Å². The fourth-order valence-electron chi connectivity index (χ4n) is 4.73. The Morgan fingerprint density at radius 3 is 2.43 bits per heavy atom. The van der Waals surface area contributed by atoms with E-state index in [1.54, 1.807) is 12.1 Å². The van der Waals surface area contributed by atoms with E-state index < -0.39 is 22.0 Å². The normalized spacial score (nSPS) is 24.7. The molecule has 1 saturated carbocycles. The first kappa shape index (κ1) is 27.2. The lowest BCUT2D eigenvalue weighted by molar-refractivity contribution is -0.130. The third-order valence-electron chi connectivity index (χ3n) is 6.81. The summed E-state index contributed by atoms with van der Waals surface area (Å²) in [6.45, 7) is 13.7. The average molecular weight is 505 g/mol. The fourth-order valence-corrected chi connectivity index (χ4v) is 6.18. The van der Waals surface area contributed by atoms with Crippen LogP contribution in [-0.4, -0.2) is 49.2 Å². The maximum absolute atomic E-state index is 13.3. The van der Waals surface area contributed by atoms with Gasteiger partial charge in [-0.25, -0.2) is 8.42 Å². The van der Waals surface area contributed by atoms with E-state index in [9.17, 15) is 18.0 Å². The Hall–Kier alpha value is -2.39. The number of benzene rings is 1. The van der Waals surface area contributed by atoms with Gasteiger partial charge in [-0.2, -0.15) is 0 Å². The highest BCUT2D eigenvalue weighted by Gasteiger charge is 2.40. The zero-order valence-electron chi connectivity index (χ0n) is 21.7. The lowest BCUT2D eigenvalue weighted by atomic mass is 9.71. The summed E-state index contributed by atoms with van der Waals surface area (Å²) in [7, 11) is -3.99. The maximum atomic E-state index is 13.3. The zero-order valence-corrected chi connectivity index (χ0v) is 22.5. The maximum Gasteiger partial charge on any atom is 0.264 e. The molecular formula is C26H40N4O4S. The second kappa shape index (κ2) is 10.3. The molecule has 194 valence electrons. The molecule has 1 aromatic rings. The molecule has 1 unspecified atom stereocenters. The Kier molecular flexibility index (Phi) is 8.01. The standard InChI is InChI=1S/C26H40N4O4S/c1-18-7-10-20(11-8-18)35(33,34)30-14-13-27-24(32)21(30)15-23(31)29-22-12-9-19(16-26(22,5)6)28-17-25(2,3)4/h7-8,10-11,13-14,19,21-22,28H,9,12,15-17H2,1-6H3,(H,27,32)(H,29,31)/t19-,21-,22?/m1/s1. The number of carbonyl (C=O) groups excluding carboxylic acids is 2. The lowest BCUT2D eigenvalue weighted by Gasteiger charge is -2.44. The molecule has 0 saturated heterocycles. The molecule has 1 aliphatic heterocycles. The fraction of sp³-hybridized carbons (Fsp3) is 0.615. The minimum Gasteiger partial charge on any atom is -0.353 e. The van der Waals surface area contributed by atoms with E-state index in [0.29, 0.717) is 6.04 Å². The average Bonchev–Trinajstić information content (AvgIpc) is 2.75. The van der Waals surface area contributed by atoms with Gasteiger partial charge in [0.2, 0.25) is 11.8 Å². The molecule has 0 aromatic heterocycles. The van der Waals surface area contributed by atoms with E-state index in [-0.39, 0.29) is 34.1 Å². The first-order valence-corrected chi connectivity index (χ1v) is 13.7. The minimum absolute atomic E-state index is 0.0490. The summed E-state index contributed by atoms with van der Waals surface area (Å²) in [6, 6.07) is 5.62. The molecule has 0 radical (unpaired) electrons. The summed E-state index contributed by atoms with van der Waals surface area (Å²) >= 11 is 0. The predicted molar refractivity (Wildman–Crippen MR) is 137 cm³/mol. The van der Waals surface area contributed by atoms with E-state index in [2.05, 4.69) is 50.6 Å². The van der Waals surface area contributed by atoms with Gasteiger partial charge in [-0.1, -0.05) is 52.3 Å². The third-order valence-corrected chi connectivity index (χ3v) is 8.61. The smallest absolute Gasteiger partial charge is 0.264 e. The highest BCUT2D eigenvalue weighted by molar-refractivity contribution is 7.89. The van der Waals surface area contributed by atoms with Crippen LogP contribution in [0.15, 0.2) is 41.6 Å². The number of hydrogen-bond acceptors (Lipinski definition) is 5. The first-order valence-electron chi connectivity index (χ1n) is 12.3. The van der Waals surface area contributed by atoms with Crippen LogP contribution in [0.2, 0.25) is 0 Å². The molecule has 3 N–H and O–H groups in total. The second-order valence-corrected chi connectivity index (χ2v) is 13.6. The summed E-state index contributed by atoms with van der Waals surface area (Å²) in [5.74, 6) is -0.851. The molecule has 3 atom stereocenters. The van der Waals surface area contributed by atoms with Gasteiger partial charge in [0.1, 0.15) is 6.04 Å². The van der Waals surface area contributed by atoms with E-state index in [1.807, 2.05) is 6.92 Å². The molecule has 1 aromatic carbocycles. The van der Waals surface area contributed by atoms with Gasteiger partial charge < -0.3 is 16.0 Å². The van der Waals surface area contributed by atoms with E-state index in [1.165, 1.54) is 24.5 Å². The van der Waals surface area contributed by atoms with Gasteiger partial charge in [0.05, 0.1) is 11.3 Å². The van der Waals surface area contributed by atoms with Gasteiger partial charge in [0.25, 0.3) is 10.0 Å². The second-order valence-electron chi connectivity index (χ2n) is 11.7. The van der Waals surface area contributed by atoms with Gasteiger partial charge in [-0.3, -0.25) is 13.9 Å². The molecule has 0 spiro atoms. The van der Waals surface area contributed by atoms with Crippen LogP contribution >= 0.6 is 0 Å². The highest BCUT2D eigenvalue weighted by Crippen LogP contribution is 2.36. The summed E-state index contributed by atoms with van der Waals surface area (Å²) in [5.41, 5.74) is 0.999. The van der Waals surface area contributed by atoms with Crippen molar-refractivity contribution in [1.29, 1.82) is 0 Å². The van der Waals surface area contributed by atoms with Crippen molar-refractivity contribution in [3.63, 3.8) is 0 Å². The third kappa shape index (κ3) is 6.85. The molecule has 9 heteroatoms. The van der Waals surface area contributed by atoms with E-state index >= 15 is 0 Å². The van der Waals surface area contributed by atoms with Crippen LogP contribution in [-0.2, 0) is 19.6 Å². The number of carbonyl (C=O) groups is 2. The Morgan fingerprint density at radius 2 is 1.83 bits per heavy atom. The van der Waals surface area contributed by atoms with Gasteiger partial charge in [-0.15, -0.1) is 0 Å². The summed E-state index contributed by atoms with van der Waals surface area (Å²) in [5, 5.41) is 9.29. The first-order chi connectivity index (χ1) is 16.2. The number of sulfonamides is 1. The number of nitrogens with one attached hydrogen (secondary N) is 3. The Balaban J connectivity index is 1.67. The SMILES string of the molecule is Cc1ccc(S(=O)(=O)N2C=CNC(=O)[C@H]2CC(=O)NC2CC[C@@H](NCC(C)(C)C)CC2(C)C)cc1. The minimum atomic E-state index is -3.99. The molecule has 1 heterocycles. The molecule has 2 amide bonds. The number of aryl methyl sites for hydroxylation is 1. The Bertz CT molecular complexity index is 1060. The zero-order chi connectivity index (χ0) is 26.0. The van der Waals surface area contributed by atoms with Gasteiger partial charge >= 0.3 is 0 Å². The van der Waals surface area contributed by atoms with Gasteiger partial charge in [-0.05, 0) is 49.1 Å². The number of hydrogen-bond donors (Lipinski definition) is 3. The number of nitrogens with zero attached hydrogens (tertiary/aromatic N) is 1. The molecular weight excluding hydrogens is 464 g/mol. The van der Waals surface area contributed by atoms with Crippen LogP contribution < -0.4 is 16.0 Å². The molecule has 3 rings (SSSR count). The number of amides is 2. The molecule has 35 heavy (non-hydrogen) atoms. The summed E-state index contributed by atoms with van der Waals surface area (Å²) < 4.78 is 27.5. The largest absolute Gasteiger partial charge is 0.353 e. The molecule has 0 bridgehead atoms. The quantitative estimate of drug-likeness (QED) is 0.529. The van der Waals surface area contributed by atoms with Crippen molar-refractivity contribution < 1.29 is 18.0 Å². The van der Waals surface area contributed by atoms with E-state index in [0.717, 1.165) is 35.7 Å². The van der Waals surface area contributed by atoms with Crippen LogP contribution in [0.3, 0.4) is 0 Å². The van der Waals surface area contributed by atoms with Crippen molar-refractivity contribution in [3.8, 4) is 0 Å². The van der Waals surface area contributed by atoms with Crippen molar-refractivity contribution in [2.75, 3.05) is 6.54 Å². The molecule has 2 aliphatic rings. The van der Waals surface area contributed by atoms with Crippen molar-refractivity contribution in [2.24, 2.45) is 10.8 Å². The van der Waals surface area contributed by atoms with E-state index in [4.69, 9.17) is 0 Å². The number of rotatable bonds is 7. The monoisotopic (exact) mass is 504 g/mol. The lowest BCUT2D eigenvalue weighted by Crippen LogP contribution is -2.55. The Labute approximate surface area is 210 Å². The van der Waals surface area contributed by atoms with Crippen LogP contribution in [0.4, 0.5) is 0 Å². The van der Waals surface area contributed by atoms with Crippen molar-refractivity contribution in [3.05, 3.63) is 42.2 Å². The Morgan fingerprint density at radius 1 is 1.17 bits per heavy atom. The molecule has 1 fully saturated rings. The van der Waals surface area contributed by atoms with Crippen LogP contribution in [0.5, 0.6) is 0 Å². The summed E-state index contributed by atoms with van der Waals surface area (Å²) in [6.07, 6.45) is 5.05. The van der Waals surface area contributed by atoms with Crippen molar-refractivity contribution in [1.82, 2.24) is 20.3 Å². The van der Waals surface area contributed by atoms with Crippen molar-refractivity contribution in [2.45, 2.75) is 90.2 Å². The summed E-state index contributed by atoms with van der Waals surface area (Å²) in [4.78, 5) is 25.8. The molecule has 1 aliphatic carbocycles. The molecule has 8 nitrogen and oxygen atoms in total. The van der Waals surface area contributed by atoms with Crippen molar-refractivity contribution >= 4 is 21.8 Å². The van der Waals surface area contributed by atoms with Crippen LogP contribution in [0.1, 0.15) is 65.9 Å². The van der Waals surface area contributed by atoms with Gasteiger partial charge in [0.15, 0.2) is 0 Å². The van der Waals surface area contributed by atoms with Crippen LogP contribution in [0, 0.1) is 17.8 Å². The predicted octanol–water partition coefficient (Wildman–Crippen LogP) is 3.04. The topological polar surface area (TPSA) is 108 Å². The highest BCUT2D eigenvalue weighted by atomic mass is 32.2.